The fraction of sp³-hybridized carbons (Fsp3) is 1.00. The lowest BCUT2D eigenvalue weighted by Gasteiger charge is -2.07. The third kappa shape index (κ3) is 15.6. The topological polar surface area (TPSA) is 29.5 Å². The van der Waals surface area contributed by atoms with Crippen molar-refractivity contribution in [1.29, 1.82) is 0 Å². The standard InChI is InChI=1S/C13H24F4O2/c14-12(11-18)9-7-5-3-1-2-4-6-8-10-19-13(15,16)17/h12,18H,1-11H2. The summed E-state index contributed by atoms with van der Waals surface area (Å²) in [5.41, 5.74) is 0. The number of aliphatic hydroxyl groups is 1. The van der Waals surface area contributed by atoms with Crippen molar-refractivity contribution < 1.29 is 27.4 Å². The molecule has 0 fully saturated rings. The van der Waals surface area contributed by atoms with Gasteiger partial charge in [0.25, 0.3) is 0 Å². The predicted molar refractivity (Wildman–Crippen MR) is 65.5 cm³/mol. The second kappa shape index (κ2) is 11.5. The zero-order chi connectivity index (χ0) is 14.6. The molecule has 19 heavy (non-hydrogen) atoms. The predicted octanol–water partition coefficient (Wildman–Crippen LogP) is 4.36. The molecular weight excluding hydrogens is 264 g/mol. The maximum Gasteiger partial charge on any atom is 0.522 e. The van der Waals surface area contributed by atoms with Crippen LogP contribution in [0.1, 0.15) is 57.8 Å². The van der Waals surface area contributed by atoms with Crippen molar-refractivity contribution in [1.82, 2.24) is 0 Å². The highest BCUT2D eigenvalue weighted by molar-refractivity contribution is 4.54. The van der Waals surface area contributed by atoms with Crippen LogP contribution >= 0.6 is 0 Å². The van der Waals surface area contributed by atoms with Gasteiger partial charge in [-0.15, -0.1) is 13.2 Å². The molecule has 0 saturated heterocycles. The Morgan fingerprint density at radius 2 is 1.32 bits per heavy atom. The SMILES string of the molecule is OCC(F)CCCCCCCCCCOC(F)(F)F. The highest BCUT2D eigenvalue weighted by Crippen LogP contribution is 2.17. The first-order valence-electron chi connectivity index (χ1n) is 6.91. The molecule has 1 atom stereocenters. The van der Waals surface area contributed by atoms with Crippen LogP contribution in [0, 0.1) is 0 Å². The van der Waals surface area contributed by atoms with E-state index in [1.807, 2.05) is 0 Å². The largest absolute Gasteiger partial charge is 0.522 e. The summed E-state index contributed by atoms with van der Waals surface area (Å²) in [5.74, 6) is 0. The van der Waals surface area contributed by atoms with Crippen molar-refractivity contribution >= 4 is 0 Å². The van der Waals surface area contributed by atoms with Crippen LogP contribution in [0.15, 0.2) is 0 Å². The quantitative estimate of drug-likeness (QED) is 0.427. The lowest BCUT2D eigenvalue weighted by molar-refractivity contribution is -0.324. The summed E-state index contributed by atoms with van der Waals surface area (Å²) in [5, 5.41) is 8.47. The Morgan fingerprint density at radius 1 is 0.842 bits per heavy atom. The van der Waals surface area contributed by atoms with E-state index in [0.29, 0.717) is 12.8 Å². The van der Waals surface area contributed by atoms with Gasteiger partial charge in [0.1, 0.15) is 6.17 Å². The van der Waals surface area contributed by atoms with E-state index in [0.717, 1.165) is 44.9 Å². The molecule has 0 aliphatic carbocycles. The number of rotatable bonds is 12. The minimum Gasteiger partial charge on any atom is -0.393 e. The Labute approximate surface area is 112 Å². The average molecular weight is 288 g/mol. The summed E-state index contributed by atoms with van der Waals surface area (Å²) in [6.07, 6.45) is 1.62. The number of hydrogen-bond donors (Lipinski definition) is 1. The first kappa shape index (κ1) is 18.6. The zero-order valence-corrected chi connectivity index (χ0v) is 11.2. The fourth-order valence-corrected chi connectivity index (χ4v) is 1.81. The van der Waals surface area contributed by atoms with Gasteiger partial charge in [-0.25, -0.2) is 4.39 Å². The van der Waals surface area contributed by atoms with Crippen molar-refractivity contribution in [3.8, 4) is 0 Å². The van der Waals surface area contributed by atoms with Crippen molar-refractivity contribution in [3.63, 3.8) is 0 Å². The molecule has 0 heterocycles. The summed E-state index contributed by atoms with van der Waals surface area (Å²) >= 11 is 0. The Hall–Kier alpha value is -0.360. The molecule has 0 aliphatic rings. The van der Waals surface area contributed by atoms with Gasteiger partial charge in [-0.3, -0.25) is 4.74 Å². The molecule has 6 heteroatoms. The van der Waals surface area contributed by atoms with E-state index in [2.05, 4.69) is 4.74 Å². The minimum absolute atomic E-state index is 0.261. The van der Waals surface area contributed by atoms with Gasteiger partial charge in [-0.05, 0) is 12.8 Å². The molecule has 0 saturated carbocycles. The number of aliphatic hydroxyl groups excluding tert-OH is 1. The van der Waals surface area contributed by atoms with Gasteiger partial charge in [0.15, 0.2) is 0 Å². The lowest BCUT2D eigenvalue weighted by Crippen LogP contribution is -2.13. The van der Waals surface area contributed by atoms with E-state index in [-0.39, 0.29) is 6.61 Å². The van der Waals surface area contributed by atoms with Gasteiger partial charge in [0.05, 0.1) is 13.2 Å². The van der Waals surface area contributed by atoms with Gasteiger partial charge in [-0.1, -0.05) is 44.9 Å². The third-order valence-corrected chi connectivity index (χ3v) is 2.88. The molecule has 1 unspecified atom stereocenters. The molecule has 0 bridgehead atoms. The van der Waals surface area contributed by atoms with E-state index in [1.54, 1.807) is 0 Å². The van der Waals surface area contributed by atoms with Crippen molar-refractivity contribution in [3.05, 3.63) is 0 Å². The van der Waals surface area contributed by atoms with Crippen LogP contribution in [0.5, 0.6) is 0 Å². The molecule has 116 valence electrons. The second-order valence-corrected chi connectivity index (χ2v) is 4.69. The Bertz CT molecular complexity index is 198. The van der Waals surface area contributed by atoms with Gasteiger partial charge < -0.3 is 5.11 Å². The monoisotopic (exact) mass is 288 g/mol. The minimum atomic E-state index is -4.51. The maximum atomic E-state index is 12.6. The maximum absolute atomic E-state index is 12.6. The smallest absolute Gasteiger partial charge is 0.393 e. The van der Waals surface area contributed by atoms with Crippen LogP contribution in [0.3, 0.4) is 0 Å². The van der Waals surface area contributed by atoms with Gasteiger partial charge in [-0.2, -0.15) is 0 Å². The third-order valence-electron chi connectivity index (χ3n) is 2.88. The highest BCUT2D eigenvalue weighted by Gasteiger charge is 2.28. The molecule has 1 N–H and O–H groups in total. The van der Waals surface area contributed by atoms with E-state index < -0.39 is 19.1 Å². The first-order chi connectivity index (χ1) is 8.95. The van der Waals surface area contributed by atoms with Crippen LogP contribution in [0.2, 0.25) is 0 Å². The number of alkyl halides is 4. The summed E-state index contributed by atoms with van der Waals surface area (Å²) in [4.78, 5) is 0. The molecule has 0 aliphatic heterocycles. The Kier molecular flexibility index (Phi) is 11.2. The number of halogens is 4. The van der Waals surface area contributed by atoms with Gasteiger partial charge in [0.2, 0.25) is 0 Å². The zero-order valence-electron chi connectivity index (χ0n) is 11.2. The molecule has 0 aromatic rings. The van der Waals surface area contributed by atoms with Crippen LogP contribution in [-0.2, 0) is 4.74 Å². The first-order valence-corrected chi connectivity index (χ1v) is 6.91. The van der Waals surface area contributed by atoms with Gasteiger partial charge in [0, 0.05) is 0 Å². The number of ether oxygens (including phenoxy) is 1. The average Bonchev–Trinajstić information content (AvgIpc) is 2.34. The van der Waals surface area contributed by atoms with Crippen molar-refractivity contribution in [2.24, 2.45) is 0 Å². The van der Waals surface area contributed by atoms with Crippen LogP contribution in [-0.4, -0.2) is 30.9 Å². The van der Waals surface area contributed by atoms with Gasteiger partial charge >= 0.3 is 6.36 Å². The molecule has 0 rings (SSSR count). The van der Waals surface area contributed by atoms with E-state index in [9.17, 15) is 17.6 Å². The van der Waals surface area contributed by atoms with Crippen LogP contribution < -0.4 is 0 Å². The van der Waals surface area contributed by atoms with E-state index in [1.165, 1.54) is 0 Å². The van der Waals surface area contributed by atoms with E-state index in [4.69, 9.17) is 5.11 Å². The van der Waals surface area contributed by atoms with E-state index >= 15 is 0 Å². The molecule has 0 aromatic carbocycles. The van der Waals surface area contributed by atoms with Crippen molar-refractivity contribution in [2.75, 3.05) is 13.2 Å². The normalized spacial score (nSPS) is 13.7. The van der Waals surface area contributed by atoms with Crippen LogP contribution in [0.4, 0.5) is 17.6 Å². The Morgan fingerprint density at radius 3 is 1.79 bits per heavy atom. The highest BCUT2D eigenvalue weighted by atomic mass is 19.4. The van der Waals surface area contributed by atoms with Crippen LogP contribution in [0.25, 0.3) is 0 Å². The summed E-state index contributed by atoms with van der Waals surface area (Å²) < 4.78 is 51.2. The summed E-state index contributed by atoms with van der Waals surface area (Å²) in [6, 6.07) is 0. The number of unbranched alkanes of at least 4 members (excludes halogenated alkanes) is 7. The fourth-order valence-electron chi connectivity index (χ4n) is 1.81. The second-order valence-electron chi connectivity index (χ2n) is 4.69. The van der Waals surface area contributed by atoms with Crippen molar-refractivity contribution in [2.45, 2.75) is 70.3 Å². The Balaban J connectivity index is 3.07. The molecule has 0 aromatic heterocycles. The lowest BCUT2D eigenvalue weighted by atomic mass is 10.1. The summed E-state index contributed by atoms with van der Waals surface area (Å²) in [7, 11) is 0. The molecule has 0 radical (unpaired) electrons. The summed E-state index contributed by atoms with van der Waals surface area (Å²) in [6.45, 7) is -0.664. The number of hydrogen-bond acceptors (Lipinski definition) is 2. The molecule has 0 spiro atoms. The molecule has 2 nitrogen and oxygen atoms in total. The molecule has 0 amide bonds. The molecular formula is C13H24F4O2.